The topological polar surface area (TPSA) is 76.0 Å². The number of aryl methyl sites for hydroxylation is 1. The van der Waals surface area contributed by atoms with Gasteiger partial charge in [-0.1, -0.05) is 13.3 Å². The number of hydrogen-bond donors (Lipinski definition) is 2. The van der Waals surface area contributed by atoms with Crippen molar-refractivity contribution < 1.29 is 37.7 Å². The summed E-state index contributed by atoms with van der Waals surface area (Å²) in [7, 11) is 0. The minimum absolute atomic E-state index is 0.0575. The summed E-state index contributed by atoms with van der Waals surface area (Å²) in [5.74, 6) is -0.0176. The van der Waals surface area contributed by atoms with E-state index in [-0.39, 0.29) is 12.4 Å². The number of aliphatic hydroxyl groups is 1. The van der Waals surface area contributed by atoms with E-state index in [1.54, 1.807) is 19.1 Å². The van der Waals surface area contributed by atoms with Crippen molar-refractivity contribution >= 4 is 17.7 Å². The molecule has 0 aliphatic carbocycles. The van der Waals surface area contributed by atoms with Gasteiger partial charge in [-0.05, 0) is 61.4 Å². The van der Waals surface area contributed by atoms with Crippen LogP contribution in [0.15, 0.2) is 47.4 Å². The molecular weight excluding hydrogens is 433 g/mol. The second-order valence-electron chi connectivity index (χ2n) is 7.18. The summed E-state index contributed by atoms with van der Waals surface area (Å²) in [6.07, 6.45) is -3.25. The van der Waals surface area contributed by atoms with Gasteiger partial charge in [0.15, 0.2) is 6.61 Å². The van der Waals surface area contributed by atoms with Crippen LogP contribution >= 0.6 is 11.8 Å². The molecule has 170 valence electrons. The molecule has 0 aliphatic heterocycles. The second kappa shape index (κ2) is 10.8. The van der Waals surface area contributed by atoms with Crippen molar-refractivity contribution in [3.05, 3.63) is 53.6 Å². The summed E-state index contributed by atoms with van der Waals surface area (Å²) in [5, 5.41) is 19.7. The van der Waals surface area contributed by atoms with Gasteiger partial charge in [0.05, 0.1) is 5.56 Å². The summed E-state index contributed by atoms with van der Waals surface area (Å²) in [6.45, 7) is 3.24. The van der Waals surface area contributed by atoms with Gasteiger partial charge in [0.25, 0.3) is 0 Å². The van der Waals surface area contributed by atoms with Crippen molar-refractivity contribution in [2.24, 2.45) is 0 Å². The Bertz CT molecular complexity index is 870. The van der Waals surface area contributed by atoms with Gasteiger partial charge >= 0.3 is 12.1 Å². The average Bonchev–Trinajstić information content (AvgIpc) is 2.70. The molecule has 2 rings (SSSR count). The summed E-state index contributed by atoms with van der Waals surface area (Å²) in [5.41, 5.74) is -1.16. The normalized spacial score (nSPS) is 13.5. The molecule has 0 aromatic heterocycles. The van der Waals surface area contributed by atoms with E-state index in [4.69, 9.17) is 14.6 Å². The molecule has 2 N–H and O–H groups in total. The number of hydrogen-bond acceptors (Lipinski definition) is 5. The monoisotopic (exact) mass is 458 g/mol. The van der Waals surface area contributed by atoms with Crippen LogP contribution in [0.2, 0.25) is 0 Å². The average molecular weight is 458 g/mol. The third kappa shape index (κ3) is 7.99. The van der Waals surface area contributed by atoms with Gasteiger partial charge in [0.1, 0.15) is 23.7 Å². The van der Waals surface area contributed by atoms with Gasteiger partial charge in [0, 0.05) is 10.6 Å². The van der Waals surface area contributed by atoms with Gasteiger partial charge in [-0.15, -0.1) is 11.8 Å². The predicted molar refractivity (Wildman–Crippen MR) is 112 cm³/mol. The van der Waals surface area contributed by atoms with Gasteiger partial charge < -0.3 is 19.7 Å². The predicted octanol–water partition coefficient (Wildman–Crippen LogP) is 5.18. The van der Waals surface area contributed by atoms with Crippen molar-refractivity contribution in [3.8, 4) is 11.5 Å². The van der Waals surface area contributed by atoms with Crippen LogP contribution in [0.3, 0.4) is 0 Å². The van der Waals surface area contributed by atoms with Crippen molar-refractivity contribution in [1.82, 2.24) is 0 Å². The van der Waals surface area contributed by atoms with E-state index in [1.807, 2.05) is 13.0 Å². The fourth-order valence-electron chi connectivity index (χ4n) is 2.84. The zero-order chi connectivity index (χ0) is 23.1. The van der Waals surface area contributed by atoms with Gasteiger partial charge in [0.2, 0.25) is 0 Å². The van der Waals surface area contributed by atoms with E-state index in [0.29, 0.717) is 24.3 Å². The molecule has 1 unspecified atom stereocenters. The van der Waals surface area contributed by atoms with E-state index >= 15 is 0 Å². The first-order valence-electron chi connectivity index (χ1n) is 9.63. The number of aliphatic carboxylic acids is 1. The van der Waals surface area contributed by atoms with Crippen LogP contribution in [-0.4, -0.2) is 40.8 Å². The lowest BCUT2D eigenvalue weighted by atomic mass is 10.0. The highest BCUT2D eigenvalue weighted by Gasteiger charge is 2.31. The molecule has 2 aromatic rings. The number of thioether (sulfide) groups is 1. The van der Waals surface area contributed by atoms with E-state index in [0.717, 1.165) is 22.6 Å². The highest BCUT2D eigenvalue weighted by molar-refractivity contribution is 7.99. The Labute approximate surface area is 183 Å². The minimum Gasteiger partial charge on any atom is -0.491 e. The Balaban J connectivity index is 1.98. The Hall–Kier alpha value is -2.39. The number of benzene rings is 2. The first kappa shape index (κ1) is 24.9. The maximum Gasteiger partial charge on any atom is 0.416 e. The lowest BCUT2D eigenvalue weighted by Crippen LogP contribution is -2.38. The molecule has 0 fully saturated rings. The number of halogens is 3. The Morgan fingerprint density at radius 2 is 1.77 bits per heavy atom. The van der Waals surface area contributed by atoms with E-state index in [2.05, 4.69) is 0 Å². The lowest BCUT2D eigenvalue weighted by Gasteiger charge is -2.27. The fourth-order valence-corrected chi connectivity index (χ4v) is 3.93. The van der Waals surface area contributed by atoms with Crippen molar-refractivity contribution in [3.63, 3.8) is 0 Å². The Kier molecular flexibility index (Phi) is 8.64. The zero-order valence-corrected chi connectivity index (χ0v) is 18.1. The molecule has 1 atom stereocenters. The molecule has 0 saturated heterocycles. The number of rotatable bonds is 11. The second-order valence-corrected chi connectivity index (χ2v) is 8.23. The smallest absolute Gasteiger partial charge is 0.416 e. The van der Waals surface area contributed by atoms with Gasteiger partial charge in [-0.25, -0.2) is 4.79 Å². The molecule has 0 spiro atoms. The number of carboxylic acids is 1. The van der Waals surface area contributed by atoms with Crippen LogP contribution in [-0.2, 0) is 11.0 Å². The van der Waals surface area contributed by atoms with Crippen molar-refractivity contribution in [2.45, 2.75) is 43.4 Å². The highest BCUT2D eigenvalue weighted by atomic mass is 32.2. The molecule has 31 heavy (non-hydrogen) atoms. The van der Waals surface area contributed by atoms with Crippen molar-refractivity contribution in [1.29, 1.82) is 0 Å². The standard InChI is InChI=1S/C22H25F3O5S/c1-3-10-21(28,13-30-17-6-4-16(5-7-17)22(23,24)25)14-31-18-8-9-19(15(2)11-18)29-12-20(26)27/h4-9,11,28H,3,10,12-14H2,1-2H3,(H,26,27). The van der Waals surface area contributed by atoms with Crippen molar-refractivity contribution in [2.75, 3.05) is 19.0 Å². The van der Waals surface area contributed by atoms with Crippen LogP contribution < -0.4 is 9.47 Å². The quantitative estimate of drug-likeness (QED) is 0.452. The van der Waals surface area contributed by atoms with Gasteiger partial charge in [-0.2, -0.15) is 13.2 Å². The summed E-state index contributed by atoms with van der Waals surface area (Å²) in [6, 6.07) is 9.66. The summed E-state index contributed by atoms with van der Waals surface area (Å²) < 4.78 is 48.8. The van der Waals surface area contributed by atoms with Crippen LogP contribution in [0.1, 0.15) is 30.9 Å². The molecule has 0 saturated carbocycles. The molecule has 5 nitrogen and oxygen atoms in total. The van der Waals surface area contributed by atoms with Gasteiger partial charge in [-0.3, -0.25) is 0 Å². The Morgan fingerprint density at radius 1 is 1.10 bits per heavy atom. The molecule has 0 bridgehead atoms. The minimum atomic E-state index is -4.41. The maximum atomic E-state index is 12.7. The van der Waals surface area contributed by atoms with Crippen LogP contribution in [0, 0.1) is 6.92 Å². The number of alkyl halides is 3. The van der Waals surface area contributed by atoms with Crippen LogP contribution in [0.25, 0.3) is 0 Å². The molecule has 2 aromatic carbocycles. The third-order valence-electron chi connectivity index (χ3n) is 4.41. The molecule has 0 heterocycles. The zero-order valence-electron chi connectivity index (χ0n) is 17.2. The highest BCUT2D eigenvalue weighted by Crippen LogP contribution is 2.32. The molecule has 0 aliphatic rings. The maximum absolute atomic E-state index is 12.7. The van der Waals surface area contributed by atoms with E-state index < -0.39 is 29.9 Å². The largest absolute Gasteiger partial charge is 0.491 e. The summed E-state index contributed by atoms with van der Waals surface area (Å²) >= 11 is 1.40. The number of carbonyl (C=O) groups is 1. The lowest BCUT2D eigenvalue weighted by molar-refractivity contribution is -0.139. The number of carboxylic acid groups (broad SMARTS) is 1. The van der Waals surface area contributed by atoms with E-state index in [1.165, 1.54) is 23.9 Å². The third-order valence-corrected chi connectivity index (χ3v) is 5.68. The van der Waals surface area contributed by atoms with E-state index in [9.17, 15) is 23.1 Å². The molecule has 9 heteroatoms. The molecular formula is C22H25F3O5S. The Morgan fingerprint density at radius 3 is 2.32 bits per heavy atom. The first-order valence-corrected chi connectivity index (χ1v) is 10.6. The molecule has 0 radical (unpaired) electrons. The summed E-state index contributed by atoms with van der Waals surface area (Å²) in [4.78, 5) is 11.5. The fraction of sp³-hybridized carbons (Fsp3) is 0.409. The molecule has 0 amide bonds. The van der Waals surface area contributed by atoms with Crippen LogP contribution in [0.5, 0.6) is 11.5 Å². The first-order chi connectivity index (χ1) is 14.5. The number of ether oxygens (including phenoxy) is 2. The SMILES string of the molecule is CCCC(O)(COc1ccc(C(F)(F)F)cc1)CSc1ccc(OCC(=O)O)c(C)c1. The van der Waals surface area contributed by atoms with Crippen LogP contribution in [0.4, 0.5) is 13.2 Å².